The third kappa shape index (κ3) is 4.76. The van der Waals surface area contributed by atoms with E-state index in [1.807, 2.05) is 13.0 Å². The van der Waals surface area contributed by atoms with Gasteiger partial charge in [0.25, 0.3) is 5.91 Å². The zero-order valence-electron chi connectivity index (χ0n) is 17.7. The summed E-state index contributed by atoms with van der Waals surface area (Å²) >= 11 is 0. The van der Waals surface area contributed by atoms with Crippen LogP contribution in [0.5, 0.6) is 5.75 Å². The molecule has 0 aromatic heterocycles. The van der Waals surface area contributed by atoms with Crippen LogP contribution in [0, 0.1) is 13.8 Å². The van der Waals surface area contributed by atoms with Crippen molar-refractivity contribution in [1.82, 2.24) is 5.32 Å². The number of hydrogen-bond acceptors (Lipinski definition) is 2. The number of amides is 1. The van der Waals surface area contributed by atoms with Crippen molar-refractivity contribution in [2.45, 2.75) is 78.4 Å². The van der Waals surface area contributed by atoms with E-state index in [0.29, 0.717) is 6.42 Å². The van der Waals surface area contributed by atoms with Gasteiger partial charge in [0.05, 0.1) is 6.04 Å². The number of carbonyl (C=O) groups is 1. The van der Waals surface area contributed by atoms with Crippen molar-refractivity contribution in [1.29, 1.82) is 0 Å². The molecule has 2 aromatic carbocycles. The van der Waals surface area contributed by atoms with Crippen LogP contribution in [0.15, 0.2) is 36.4 Å². The summed E-state index contributed by atoms with van der Waals surface area (Å²) in [7, 11) is 0. The molecule has 1 aliphatic carbocycles. The third-order valence-electron chi connectivity index (χ3n) is 5.79. The van der Waals surface area contributed by atoms with Gasteiger partial charge in [-0.25, -0.2) is 0 Å². The molecule has 3 rings (SSSR count). The molecule has 0 heterocycles. The van der Waals surface area contributed by atoms with E-state index in [1.54, 1.807) is 0 Å². The molecular formula is C25H33NO2. The molecule has 1 amide bonds. The summed E-state index contributed by atoms with van der Waals surface area (Å²) in [5, 5.41) is 3.21. The first-order valence-electron chi connectivity index (χ1n) is 10.7. The Hall–Kier alpha value is -2.29. The molecule has 0 spiro atoms. The number of ether oxygens (including phenoxy) is 1. The summed E-state index contributed by atoms with van der Waals surface area (Å²) in [6, 6.07) is 12.7. The lowest BCUT2D eigenvalue weighted by Gasteiger charge is -2.24. The number of hydrogen-bond donors (Lipinski definition) is 1. The Balaban J connectivity index is 1.70. The van der Waals surface area contributed by atoms with Crippen molar-refractivity contribution in [2.24, 2.45) is 0 Å². The Labute approximate surface area is 169 Å². The lowest BCUT2D eigenvalue weighted by molar-refractivity contribution is -0.128. The molecule has 3 heteroatoms. The van der Waals surface area contributed by atoms with E-state index in [1.165, 1.54) is 40.7 Å². The molecule has 0 radical (unpaired) electrons. The van der Waals surface area contributed by atoms with Gasteiger partial charge in [0.2, 0.25) is 0 Å². The van der Waals surface area contributed by atoms with E-state index in [9.17, 15) is 4.79 Å². The van der Waals surface area contributed by atoms with Gasteiger partial charge in [-0.3, -0.25) is 4.79 Å². The standard InChI is InChI=1S/C25H33NO2/c1-5-23(22-14-11-17(3)15-18(22)4)26-25(27)24(6-2)28-21-13-12-19-9-7-8-10-20(19)16-21/h11-16,23-24H,5-10H2,1-4H3,(H,26,27)/t23-,24-/m0/s1. The summed E-state index contributed by atoms with van der Waals surface area (Å²) in [5.41, 5.74) is 6.45. The second-order valence-electron chi connectivity index (χ2n) is 7.98. The van der Waals surface area contributed by atoms with Crippen LogP contribution in [0.25, 0.3) is 0 Å². The van der Waals surface area contributed by atoms with Crippen LogP contribution in [0.3, 0.4) is 0 Å². The predicted octanol–water partition coefficient (Wildman–Crippen LogP) is 5.61. The van der Waals surface area contributed by atoms with Crippen LogP contribution in [-0.4, -0.2) is 12.0 Å². The SMILES string of the molecule is CC[C@H](Oc1ccc2c(c1)CCCC2)C(=O)N[C@@H](CC)c1ccc(C)cc1C. The van der Waals surface area contributed by atoms with Crippen LogP contribution in [0.2, 0.25) is 0 Å². The van der Waals surface area contributed by atoms with E-state index in [4.69, 9.17) is 4.74 Å². The second kappa shape index (κ2) is 9.27. The monoisotopic (exact) mass is 379 g/mol. The van der Waals surface area contributed by atoms with Crippen molar-refractivity contribution in [3.63, 3.8) is 0 Å². The Morgan fingerprint density at radius 2 is 1.75 bits per heavy atom. The highest BCUT2D eigenvalue weighted by Gasteiger charge is 2.23. The highest BCUT2D eigenvalue weighted by atomic mass is 16.5. The highest BCUT2D eigenvalue weighted by Crippen LogP contribution is 2.27. The third-order valence-corrected chi connectivity index (χ3v) is 5.79. The minimum Gasteiger partial charge on any atom is -0.481 e. The lowest BCUT2D eigenvalue weighted by Crippen LogP contribution is -2.40. The molecule has 0 aliphatic heterocycles. The summed E-state index contributed by atoms with van der Waals surface area (Å²) in [6.45, 7) is 8.31. The molecule has 0 fully saturated rings. The lowest BCUT2D eigenvalue weighted by atomic mass is 9.92. The number of aryl methyl sites for hydroxylation is 4. The molecule has 2 atom stereocenters. The highest BCUT2D eigenvalue weighted by molar-refractivity contribution is 5.81. The average molecular weight is 380 g/mol. The second-order valence-corrected chi connectivity index (χ2v) is 7.98. The zero-order valence-corrected chi connectivity index (χ0v) is 17.7. The first-order valence-corrected chi connectivity index (χ1v) is 10.7. The molecule has 28 heavy (non-hydrogen) atoms. The summed E-state index contributed by atoms with van der Waals surface area (Å²) in [4.78, 5) is 13.0. The smallest absolute Gasteiger partial charge is 0.261 e. The quantitative estimate of drug-likeness (QED) is 0.679. The van der Waals surface area contributed by atoms with Crippen molar-refractivity contribution >= 4 is 5.91 Å². The van der Waals surface area contributed by atoms with Crippen molar-refractivity contribution in [3.8, 4) is 5.75 Å². The van der Waals surface area contributed by atoms with Gasteiger partial charge in [-0.2, -0.15) is 0 Å². The fourth-order valence-corrected chi connectivity index (χ4v) is 4.15. The average Bonchev–Trinajstić information content (AvgIpc) is 2.70. The van der Waals surface area contributed by atoms with Crippen molar-refractivity contribution < 1.29 is 9.53 Å². The van der Waals surface area contributed by atoms with E-state index < -0.39 is 6.10 Å². The number of nitrogens with one attached hydrogen (secondary N) is 1. The van der Waals surface area contributed by atoms with Crippen LogP contribution < -0.4 is 10.1 Å². The van der Waals surface area contributed by atoms with Gasteiger partial charge in [-0.1, -0.05) is 43.7 Å². The van der Waals surface area contributed by atoms with Gasteiger partial charge in [0.15, 0.2) is 6.10 Å². The van der Waals surface area contributed by atoms with Gasteiger partial charge in [0.1, 0.15) is 5.75 Å². The van der Waals surface area contributed by atoms with Crippen molar-refractivity contribution in [3.05, 3.63) is 64.2 Å². The normalized spacial score (nSPS) is 15.4. The molecule has 3 nitrogen and oxygen atoms in total. The Morgan fingerprint density at radius 3 is 2.43 bits per heavy atom. The van der Waals surface area contributed by atoms with Gasteiger partial charge in [0, 0.05) is 0 Å². The maximum absolute atomic E-state index is 13.0. The molecule has 2 aromatic rings. The van der Waals surface area contributed by atoms with Crippen LogP contribution in [-0.2, 0) is 17.6 Å². The van der Waals surface area contributed by atoms with E-state index in [0.717, 1.165) is 25.0 Å². The van der Waals surface area contributed by atoms with Crippen LogP contribution >= 0.6 is 0 Å². The number of carbonyl (C=O) groups excluding carboxylic acids is 1. The minimum atomic E-state index is -0.471. The van der Waals surface area contributed by atoms with Gasteiger partial charge < -0.3 is 10.1 Å². The zero-order chi connectivity index (χ0) is 20.1. The number of rotatable bonds is 7. The van der Waals surface area contributed by atoms with Gasteiger partial charge >= 0.3 is 0 Å². The molecule has 0 saturated carbocycles. The molecule has 0 unspecified atom stereocenters. The van der Waals surface area contributed by atoms with E-state index in [-0.39, 0.29) is 11.9 Å². The topological polar surface area (TPSA) is 38.3 Å². The molecule has 1 N–H and O–H groups in total. The fraction of sp³-hybridized carbons (Fsp3) is 0.480. The molecule has 150 valence electrons. The van der Waals surface area contributed by atoms with Crippen LogP contribution in [0.1, 0.15) is 73.4 Å². The van der Waals surface area contributed by atoms with E-state index in [2.05, 4.69) is 56.4 Å². The largest absolute Gasteiger partial charge is 0.481 e. The molecular weight excluding hydrogens is 346 g/mol. The fourth-order valence-electron chi connectivity index (χ4n) is 4.15. The Morgan fingerprint density at radius 1 is 1.00 bits per heavy atom. The Bertz CT molecular complexity index is 827. The predicted molar refractivity (Wildman–Crippen MR) is 115 cm³/mol. The first-order chi connectivity index (χ1) is 13.5. The molecule has 0 bridgehead atoms. The summed E-state index contributed by atoms with van der Waals surface area (Å²) < 4.78 is 6.11. The minimum absolute atomic E-state index is 0.00860. The summed E-state index contributed by atoms with van der Waals surface area (Å²) in [5.74, 6) is 0.772. The Kier molecular flexibility index (Phi) is 6.77. The molecule has 1 aliphatic rings. The molecule has 0 saturated heterocycles. The number of benzene rings is 2. The summed E-state index contributed by atoms with van der Waals surface area (Å²) in [6.07, 6.45) is 5.80. The van der Waals surface area contributed by atoms with Crippen molar-refractivity contribution in [2.75, 3.05) is 0 Å². The van der Waals surface area contributed by atoms with Gasteiger partial charge in [-0.15, -0.1) is 0 Å². The van der Waals surface area contributed by atoms with E-state index >= 15 is 0 Å². The van der Waals surface area contributed by atoms with Gasteiger partial charge in [-0.05, 0) is 86.8 Å². The maximum Gasteiger partial charge on any atom is 0.261 e. The maximum atomic E-state index is 13.0. The first kappa shape index (κ1) is 20.4. The van der Waals surface area contributed by atoms with Crippen LogP contribution in [0.4, 0.5) is 0 Å². The number of fused-ring (bicyclic) bond motifs is 1.